The van der Waals surface area contributed by atoms with Crippen molar-refractivity contribution in [3.8, 4) is 0 Å². The number of fused-ring (bicyclic) bond motifs is 20. The van der Waals surface area contributed by atoms with Gasteiger partial charge in [0.1, 0.15) is 0 Å². The zero-order chi connectivity index (χ0) is 58.4. The van der Waals surface area contributed by atoms with Gasteiger partial charge in [-0.1, -0.05) is 93.7 Å². The predicted octanol–water partition coefficient (Wildman–Crippen LogP) is 15.8. The van der Waals surface area contributed by atoms with Crippen molar-refractivity contribution in [2.24, 2.45) is 142 Å². The lowest BCUT2D eigenvalue weighted by molar-refractivity contribution is -0.141. The van der Waals surface area contributed by atoms with Crippen LogP contribution in [0, 0.1) is 142 Å². The van der Waals surface area contributed by atoms with E-state index >= 15 is 0 Å². The second-order valence-corrected chi connectivity index (χ2v) is 28.6. The molecule has 12 saturated carbocycles. The van der Waals surface area contributed by atoms with E-state index in [-0.39, 0.29) is 37.3 Å². The van der Waals surface area contributed by atoms with Crippen molar-refractivity contribution < 1.29 is 47.7 Å². The minimum absolute atomic E-state index is 0. The van der Waals surface area contributed by atoms with Gasteiger partial charge in [0.2, 0.25) is 0 Å². The maximum absolute atomic E-state index is 11.5. The molecule has 12 aliphatic rings. The van der Waals surface area contributed by atoms with Crippen LogP contribution in [0.2, 0.25) is 0 Å². The van der Waals surface area contributed by atoms with Gasteiger partial charge < -0.3 is 23.7 Å². The van der Waals surface area contributed by atoms with Gasteiger partial charge in [0.15, 0.2) is 0 Å². The van der Waals surface area contributed by atoms with Gasteiger partial charge in [-0.3, -0.25) is 0 Å². The van der Waals surface area contributed by atoms with Crippen LogP contribution < -0.4 is 0 Å². The minimum Gasteiger partial charge on any atom is -0.466 e. The molecule has 0 amide bonds. The fourth-order valence-corrected chi connectivity index (χ4v) is 20.9. The van der Waals surface area contributed by atoms with Gasteiger partial charge in [0.25, 0.3) is 0 Å². The van der Waals surface area contributed by atoms with E-state index in [1.54, 1.807) is 20.8 Å². The standard InChI is InChI=1S/2C17H26O2.2C16H24O2.C5H8O2.CH4/c1-4-12-7-13-8-15(12)16-6-11(5-14(13)16)9-19-17(18)10(2)3;1-4-11-5-14-12-7-13(9-19-17(18)10(2)3)15(8-12)16(14)6-11;1-3-11-7-12-8-14(11)15-6-10(5-13(12)15)9-18-16(17)4-2;1-3-10-5-13-11-7-12(9-18-16(17)4-2)14(8-11)15(13)6-10;1-4(2)5(6)7-3;/h2*11-16H,2,4-9H2,1,3H3;2*4,10-15H,2-3,5-9H2,1H3;1H2,2-3H3;1H4. The van der Waals surface area contributed by atoms with Crippen LogP contribution in [0.3, 0.4) is 0 Å². The van der Waals surface area contributed by atoms with Gasteiger partial charge in [-0.15, -0.1) is 0 Å². The average molecular weight is 1140 g/mol. The highest BCUT2D eigenvalue weighted by Gasteiger charge is 2.59. The third kappa shape index (κ3) is 14.8. The molecule has 8 bridgehead atoms. The lowest BCUT2D eigenvalue weighted by atomic mass is 9.75. The molecular formula is C72H112O10. The highest BCUT2D eigenvalue weighted by molar-refractivity contribution is 5.87. The first-order chi connectivity index (χ1) is 38.8. The zero-order valence-electron chi connectivity index (χ0n) is 51.6. The number of hydrogen-bond acceptors (Lipinski definition) is 10. The van der Waals surface area contributed by atoms with Crippen molar-refractivity contribution in [3.05, 3.63) is 61.8 Å². The molecule has 12 rings (SSSR count). The molecule has 0 N–H and O–H groups in total. The largest absolute Gasteiger partial charge is 0.466 e. The van der Waals surface area contributed by atoms with Crippen molar-refractivity contribution in [2.75, 3.05) is 33.5 Å². The fraction of sp³-hybridized carbons (Fsp3) is 0.792. The third-order valence-corrected chi connectivity index (χ3v) is 24.4. The first kappa shape index (κ1) is 65.6. The molecule has 82 heavy (non-hydrogen) atoms. The summed E-state index contributed by atoms with van der Waals surface area (Å²) in [5.74, 6) is 20.3. The van der Waals surface area contributed by atoms with Gasteiger partial charge in [-0.2, -0.15) is 0 Å². The SMILES string of the molecule is C.C=C(C)C(=O)OC.C=C(C)C(=O)OCC1CC2C3CC(CC)C(C3)C2C1.C=C(C)C(=O)OCC1CC2CC1C1CC(CC)CC21.C=CC(=O)OCC1CC2C3CC(CC)C(C3)C2C1.C=CC(=O)OCC1CC2CC1C1CC(CC)CC21. The Labute approximate surface area is 497 Å². The van der Waals surface area contributed by atoms with E-state index in [4.69, 9.17) is 18.9 Å². The molecule has 0 aromatic rings. The van der Waals surface area contributed by atoms with Crippen LogP contribution in [0.4, 0.5) is 0 Å². The highest BCUT2D eigenvalue weighted by atomic mass is 16.5. The lowest BCUT2D eigenvalue weighted by Crippen LogP contribution is -2.28. The van der Waals surface area contributed by atoms with Crippen molar-refractivity contribution in [2.45, 2.75) is 184 Å². The van der Waals surface area contributed by atoms with Crippen LogP contribution in [0.5, 0.6) is 0 Å². The summed E-state index contributed by atoms with van der Waals surface area (Å²) in [5, 5.41) is 0. The van der Waals surface area contributed by atoms with Crippen LogP contribution >= 0.6 is 0 Å². The Balaban J connectivity index is 0.000000151. The topological polar surface area (TPSA) is 132 Å². The molecule has 0 spiro atoms. The first-order valence-corrected chi connectivity index (χ1v) is 32.8. The summed E-state index contributed by atoms with van der Waals surface area (Å²) >= 11 is 0. The molecule has 0 saturated heterocycles. The molecule has 12 fully saturated rings. The Morgan fingerprint density at radius 3 is 0.951 bits per heavy atom. The second-order valence-electron chi connectivity index (χ2n) is 28.6. The van der Waals surface area contributed by atoms with Crippen LogP contribution in [-0.2, 0) is 47.7 Å². The van der Waals surface area contributed by atoms with Gasteiger partial charge in [-0.05, 0) is 266 Å². The number of methoxy groups -OCH3 is 1. The summed E-state index contributed by atoms with van der Waals surface area (Å²) in [5.41, 5.74) is 1.47. The number of carbonyl (C=O) groups excluding carboxylic acids is 5. The van der Waals surface area contributed by atoms with Gasteiger partial charge in [-0.25, -0.2) is 24.0 Å². The minimum atomic E-state index is -0.347. The molecule has 24 atom stereocenters. The van der Waals surface area contributed by atoms with Crippen LogP contribution in [-0.4, -0.2) is 63.4 Å². The number of hydrogen-bond donors (Lipinski definition) is 0. The zero-order valence-corrected chi connectivity index (χ0v) is 51.6. The van der Waals surface area contributed by atoms with Crippen LogP contribution in [0.25, 0.3) is 0 Å². The summed E-state index contributed by atoms with van der Waals surface area (Å²) < 4.78 is 25.5. The Morgan fingerprint density at radius 2 is 0.634 bits per heavy atom. The summed E-state index contributed by atoms with van der Waals surface area (Å²) in [6.45, 7) is 34.4. The monoisotopic (exact) mass is 1140 g/mol. The van der Waals surface area contributed by atoms with Crippen molar-refractivity contribution >= 4 is 29.8 Å². The van der Waals surface area contributed by atoms with Gasteiger partial charge >= 0.3 is 29.8 Å². The third-order valence-electron chi connectivity index (χ3n) is 24.4. The second kappa shape index (κ2) is 29.4. The first-order valence-electron chi connectivity index (χ1n) is 32.8. The van der Waals surface area contributed by atoms with E-state index in [2.05, 4.69) is 65.3 Å². The van der Waals surface area contributed by atoms with E-state index in [1.165, 1.54) is 148 Å². The smallest absolute Gasteiger partial charge is 0.333 e. The molecule has 10 nitrogen and oxygen atoms in total. The summed E-state index contributed by atoms with van der Waals surface area (Å²) in [4.78, 5) is 55.4. The van der Waals surface area contributed by atoms with E-state index in [0.717, 1.165) is 118 Å². The average Bonchev–Trinajstić information content (AvgIpc) is 4.45. The van der Waals surface area contributed by atoms with E-state index in [0.29, 0.717) is 66.8 Å². The Hall–Kier alpha value is -3.95. The quantitative estimate of drug-likeness (QED) is 0.0788. The van der Waals surface area contributed by atoms with Crippen LogP contribution in [0.1, 0.15) is 184 Å². The van der Waals surface area contributed by atoms with Gasteiger partial charge in [0, 0.05) is 28.9 Å². The molecule has 0 aromatic carbocycles. The molecule has 0 heterocycles. The molecule has 0 aromatic heterocycles. The molecule has 24 unspecified atom stereocenters. The maximum atomic E-state index is 11.5. The fourth-order valence-electron chi connectivity index (χ4n) is 20.9. The van der Waals surface area contributed by atoms with Crippen molar-refractivity contribution in [1.29, 1.82) is 0 Å². The number of esters is 5. The Kier molecular flexibility index (Phi) is 23.5. The number of ether oxygens (including phenoxy) is 5. The molecule has 12 aliphatic carbocycles. The summed E-state index contributed by atoms with van der Waals surface area (Å²) in [6.07, 6.45) is 30.3. The van der Waals surface area contributed by atoms with Crippen molar-refractivity contribution in [1.82, 2.24) is 0 Å². The Bertz CT molecular complexity index is 2260. The number of rotatable bonds is 17. The van der Waals surface area contributed by atoms with Crippen molar-refractivity contribution in [3.63, 3.8) is 0 Å². The molecule has 10 heteroatoms. The molecule has 0 radical (unpaired) electrons. The van der Waals surface area contributed by atoms with E-state index in [9.17, 15) is 24.0 Å². The highest BCUT2D eigenvalue weighted by Crippen LogP contribution is 2.66. The Morgan fingerprint density at radius 1 is 0.354 bits per heavy atom. The lowest BCUT2D eigenvalue weighted by Gasteiger charge is -2.31. The summed E-state index contributed by atoms with van der Waals surface area (Å²) in [7, 11) is 1.33. The molecule has 0 aliphatic heterocycles. The predicted molar refractivity (Wildman–Crippen MR) is 326 cm³/mol. The maximum Gasteiger partial charge on any atom is 0.333 e. The van der Waals surface area contributed by atoms with Gasteiger partial charge in [0.05, 0.1) is 33.5 Å². The number of carbonyl (C=O) groups is 5. The normalized spacial score (nSPS) is 40.4. The summed E-state index contributed by atoms with van der Waals surface area (Å²) in [6, 6.07) is 0. The van der Waals surface area contributed by atoms with Crippen LogP contribution in [0.15, 0.2) is 61.8 Å². The van der Waals surface area contributed by atoms with E-state index in [1.807, 2.05) is 0 Å². The molecule has 460 valence electrons. The molecular weight excluding hydrogens is 1020 g/mol. The van der Waals surface area contributed by atoms with E-state index < -0.39 is 0 Å².